The number of ether oxygens (including phenoxy) is 1. The molecule has 4 heteroatoms. The average molecular weight is 206 g/mol. The molecule has 1 aromatic heterocycles. The van der Waals surface area contributed by atoms with E-state index < -0.39 is 0 Å². The Morgan fingerprint density at radius 1 is 1.53 bits per heavy atom. The van der Waals surface area contributed by atoms with Crippen LogP contribution < -0.4 is 5.56 Å². The molecule has 15 heavy (non-hydrogen) atoms. The SMILES string of the molecule is COCCCn1c(C)c(C#N)ccc1=O. The summed E-state index contributed by atoms with van der Waals surface area (Å²) >= 11 is 0. The molecule has 0 aromatic carbocycles. The molecule has 0 radical (unpaired) electrons. The number of methoxy groups -OCH3 is 1. The summed E-state index contributed by atoms with van der Waals surface area (Å²) in [4.78, 5) is 11.5. The Balaban J connectivity index is 2.96. The van der Waals surface area contributed by atoms with Crippen molar-refractivity contribution in [2.75, 3.05) is 13.7 Å². The van der Waals surface area contributed by atoms with Crippen LogP contribution in [0.4, 0.5) is 0 Å². The third-order valence-corrected chi connectivity index (χ3v) is 2.30. The van der Waals surface area contributed by atoms with E-state index >= 15 is 0 Å². The van der Waals surface area contributed by atoms with Crippen molar-refractivity contribution < 1.29 is 4.74 Å². The van der Waals surface area contributed by atoms with Gasteiger partial charge in [0.2, 0.25) is 0 Å². The van der Waals surface area contributed by atoms with Crippen molar-refractivity contribution in [3.8, 4) is 6.07 Å². The summed E-state index contributed by atoms with van der Waals surface area (Å²) in [6.45, 7) is 2.99. The van der Waals surface area contributed by atoms with Gasteiger partial charge in [0.25, 0.3) is 5.56 Å². The number of aromatic nitrogens is 1. The smallest absolute Gasteiger partial charge is 0.250 e. The van der Waals surface area contributed by atoms with Crippen LogP contribution in [0.5, 0.6) is 0 Å². The maximum Gasteiger partial charge on any atom is 0.250 e. The van der Waals surface area contributed by atoms with Crippen molar-refractivity contribution in [1.82, 2.24) is 4.57 Å². The van der Waals surface area contributed by atoms with Crippen LogP contribution in [0.15, 0.2) is 16.9 Å². The van der Waals surface area contributed by atoms with E-state index in [1.807, 2.05) is 0 Å². The molecule has 0 N–H and O–H groups in total. The summed E-state index contributed by atoms with van der Waals surface area (Å²) < 4.78 is 6.53. The summed E-state index contributed by atoms with van der Waals surface area (Å²) in [5.41, 5.74) is 1.20. The predicted octanol–water partition coefficient (Wildman–Crippen LogP) is 1.06. The lowest BCUT2D eigenvalue weighted by atomic mass is 10.2. The molecule has 80 valence electrons. The van der Waals surface area contributed by atoms with Gasteiger partial charge in [0.05, 0.1) is 5.56 Å². The molecule has 1 aromatic rings. The fraction of sp³-hybridized carbons (Fsp3) is 0.455. The summed E-state index contributed by atoms with van der Waals surface area (Å²) in [5, 5.41) is 8.82. The molecule has 4 nitrogen and oxygen atoms in total. The molecule has 0 aliphatic carbocycles. The van der Waals surface area contributed by atoms with Gasteiger partial charge in [0.1, 0.15) is 6.07 Å². The Morgan fingerprint density at radius 3 is 2.87 bits per heavy atom. The molecular weight excluding hydrogens is 192 g/mol. The number of pyridine rings is 1. The highest BCUT2D eigenvalue weighted by atomic mass is 16.5. The van der Waals surface area contributed by atoms with Crippen molar-refractivity contribution in [2.24, 2.45) is 0 Å². The molecule has 1 rings (SSSR count). The zero-order valence-electron chi connectivity index (χ0n) is 8.99. The van der Waals surface area contributed by atoms with Crippen LogP contribution in [0, 0.1) is 18.3 Å². The highest BCUT2D eigenvalue weighted by Crippen LogP contribution is 2.03. The van der Waals surface area contributed by atoms with Gasteiger partial charge in [-0.15, -0.1) is 0 Å². The molecule has 0 unspecified atom stereocenters. The monoisotopic (exact) mass is 206 g/mol. The van der Waals surface area contributed by atoms with Crippen LogP contribution in [0.25, 0.3) is 0 Å². The molecule has 0 saturated carbocycles. The Hall–Kier alpha value is -1.60. The van der Waals surface area contributed by atoms with Crippen LogP contribution in [-0.4, -0.2) is 18.3 Å². The zero-order chi connectivity index (χ0) is 11.3. The molecule has 0 amide bonds. The topological polar surface area (TPSA) is 55.0 Å². The number of nitriles is 1. The van der Waals surface area contributed by atoms with E-state index in [2.05, 4.69) is 6.07 Å². The van der Waals surface area contributed by atoms with Crippen molar-refractivity contribution in [1.29, 1.82) is 5.26 Å². The molecule has 0 atom stereocenters. The fourth-order valence-corrected chi connectivity index (χ4v) is 1.44. The van der Waals surface area contributed by atoms with Gasteiger partial charge in [-0.05, 0) is 19.4 Å². The first-order valence-corrected chi connectivity index (χ1v) is 4.80. The quantitative estimate of drug-likeness (QED) is 0.692. The molecule has 0 saturated heterocycles. The predicted molar refractivity (Wildman–Crippen MR) is 56.6 cm³/mol. The van der Waals surface area contributed by atoms with Gasteiger partial charge in [-0.1, -0.05) is 0 Å². The summed E-state index contributed by atoms with van der Waals surface area (Å²) in [6, 6.07) is 5.05. The van der Waals surface area contributed by atoms with Gasteiger partial charge in [-0.2, -0.15) is 5.26 Å². The minimum absolute atomic E-state index is 0.0670. The molecular formula is C11H14N2O2. The van der Waals surface area contributed by atoms with E-state index in [-0.39, 0.29) is 5.56 Å². The van der Waals surface area contributed by atoms with E-state index in [0.29, 0.717) is 18.7 Å². The number of rotatable bonds is 4. The Morgan fingerprint density at radius 2 is 2.27 bits per heavy atom. The highest BCUT2D eigenvalue weighted by Gasteiger charge is 2.04. The first-order chi connectivity index (χ1) is 7.20. The first kappa shape index (κ1) is 11.5. The minimum atomic E-state index is -0.0670. The molecule has 0 aliphatic heterocycles. The van der Waals surface area contributed by atoms with E-state index in [1.54, 1.807) is 24.7 Å². The zero-order valence-corrected chi connectivity index (χ0v) is 8.99. The molecule has 1 heterocycles. The van der Waals surface area contributed by atoms with E-state index in [1.165, 1.54) is 6.07 Å². The second-order valence-corrected chi connectivity index (χ2v) is 3.28. The lowest BCUT2D eigenvalue weighted by Gasteiger charge is -2.09. The van der Waals surface area contributed by atoms with E-state index in [0.717, 1.165) is 12.1 Å². The number of hydrogen-bond acceptors (Lipinski definition) is 3. The fourth-order valence-electron chi connectivity index (χ4n) is 1.44. The van der Waals surface area contributed by atoms with Crippen LogP contribution in [-0.2, 0) is 11.3 Å². The second-order valence-electron chi connectivity index (χ2n) is 3.28. The van der Waals surface area contributed by atoms with Gasteiger partial charge in [0.15, 0.2) is 0 Å². The minimum Gasteiger partial charge on any atom is -0.385 e. The Kier molecular flexibility index (Phi) is 4.07. The summed E-state index contributed by atoms with van der Waals surface area (Å²) in [5.74, 6) is 0. The van der Waals surface area contributed by atoms with Gasteiger partial charge >= 0.3 is 0 Å². The van der Waals surface area contributed by atoms with Crippen molar-refractivity contribution in [2.45, 2.75) is 19.9 Å². The first-order valence-electron chi connectivity index (χ1n) is 4.80. The largest absolute Gasteiger partial charge is 0.385 e. The standard InChI is InChI=1S/C11H14N2O2/c1-9-10(8-12)4-5-11(14)13(9)6-3-7-15-2/h4-5H,3,6-7H2,1-2H3. The summed E-state index contributed by atoms with van der Waals surface area (Å²) in [7, 11) is 1.63. The molecule has 0 bridgehead atoms. The van der Waals surface area contributed by atoms with Gasteiger partial charge in [0, 0.05) is 32.0 Å². The number of hydrogen-bond donors (Lipinski definition) is 0. The van der Waals surface area contributed by atoms with Crippen LogP contribution in [0.2, 0.25) is 0 Å². The van der Waals surface area contributed by atoms with Crippen molar-refractivity contribution >= 4 is 0 Å². The van der Waals surface area contributed by atoms with Crippen LogP contribution in [0.3, 0.4) is 0 Å². The molecule has 0 fully saturated rings. The van der Waals surface area contributed by atoms with Crippen LogP contribution >= 0.6 is 0 Å². The maximum atomic E-state index is 11.5. The van der Waals surface area contributed by atoms with E-state index in [9.17, 15) is 4.79 Å². The van der Waals surface area contributed by atoms with Crippen LogP contribution in [0.1, 0.15) is 17.7 Å². The highest BCUT2D eigenvalue weighted by molar-refractivity contribution is 5.32. The van der Waals surface area contributed by atoms with Gasteiger partial charge in [-0.25, -0.2) is 0 Å². The van der Waals surface area contributed by atoms with Crippen molar-refractivity contribution in [3.05, 3.63) is 33.7 Å². The van der Waals surface area contributed by atoms with E-state index in [4.69, 9.17) is 10.00 Å². The Labute approximate surface area is 88.7 Å². The molecule has 0 spiro atoms. The second kappa shape index (κ2) is 5.32. The third kappa shape index (κ3) is 2.67. The lowest BCUT2D eigenvalue weighted by Crippen LogP contribution is -2.22. The maximum absolute atomic E-state index is 11.5. The average Bonchev–Trinajstić information content (AvgIpc) is 2.23. The lowest BCUT2D eigenvalue weighted by molar-refractivity contribution is 0.189. The third-order valence-electron chi connectivity index (χ3n) is 2.30. The normalized spacial score (nSPS) is 9.93. The van der Waals surface area contributed by atoms with Gasteiger partial charge < -0.3 is 9.30 Å². The summed E-state index contributed by atoms with van der Waals surface area (Å²) in [6.07, 6.45) is 0.770. The Bertz CT molecular complexity index is 429. The number of nitrogens with zero attached hydrogens (tertiary/aromatic N) is 2. The van der Waals surface area contributed by atoms with Crippen molar-refractivity contribution in [3.63, 3.8) is 0 Å². The molecule has 0 aliphatic rings. The van der Waals surface area contributed by atoms with Gasteiger partial charge in [-0.3, -0.25) is 4.79 Å².